The van der Waals surface area contributed by atoms with Crippen LogP contribution in [0, 0.1) is 0 Å². The highest BCUT2D eigenvalue weighted by molar-refractivity contribution is 7.89. The van der Waals surface area contributed by atoms with Crippen LogP contribution in [0.1, 0.15) is 44.0 Å². The molecule has 1 aliphatic rings. The summed E-state index contributed by atoms with van der Waals surface area (Å²) in [6.45, 7) is 7.10. The number of aromatic amines is 2. The number of β-amino-alcohol motifs (C(OH)–C–C–N with tert-alkyl or cyclic N) is 1. The Labute approximate surface area is 210 Å². The Bertz CT molecular complexity index is 1330. The standard InChI is InChI=1S/C24H34N6O5S/c1-3-14-35-21-7-6-19(36(33,34)30-10-8-29(9-11-30)12-13-31)15-18(21)5-4-17(2)23-26-20-16-25-28-22(20)24(32)27-23/h6-7,15-17,31H,3-5,8-14H2,1-2H3,(H,25,28)(H,26,27,32). The maximum Gasteiger partial charge on any atom is 0.276 e. The van der Waals surface area contributed by atoms with Crippen LogP contribution in [0.4, 0.5) is 0 Å². The van der Waals surface area contributed by atoms with E-state index in [9.17, 15) is 13.2 Å². The Kier molecular flexibility index (Phi) is 8.39. The van der Waals surface area contributed by atoms with Gasteiger partial charge in [-0.3, -0.25) is 14.8 Å². The minimum Gasteiger partial charge on any atom is -0.493 e. The summed E-state index contributed by atoms with van der Waals surface area (Å²) in [5.41, 5.74) is 1.40. The van der Waals surface area contributed by atoms with Gasteiger partial charge in [-0.05, 0) is 43.0 Å². The van der Waals surface area contributed by atoms with E-state index in [1.54, 1.807) is 18.2 Å². The van der Waals surface area contributed by atoms with E-state index in [4.69, 9.17) is 9.84 Å². The van der Waals surface area contributed by atoms with E-state index in [0.717, 1.165) is 12.0 Å². The molecule has 11 nitrogen and oxygen atoms in total. The van der Waals surface area contributed by atoms with Crippen LogP contribution in [0.5, 0.6) is 5.75 Å². The fourth-order valence-electron chi connectivity index (χ4n) is 4.36. The van der Waals surface area contributed by atoms with Crippen LogP contribution in [0.15, 0.2) is 34.1 Å². The number of nitrogens with one attached hydrogen (secondary N) is 2. The van der Waals surface area contributed by atoms with E-state index in [2.05, 4.69) is 25.1 Å². The molecule has 4 rings (SSSR count). The zero-order valence-corrected chi connectivity index (χ0v) is 21.6. The van der Waals surface area contributed by atoms with E-state index in [0.29, 0.717) is 74.8 Å². The van der Waals surface area contributed by atoms with Gasteiger partial charge in [0, 0.05) is 38.6 Å². The molecule has 1 aromatic carbocycles. The van der Waals surface area contributed by atoms with E-state index in [1.807, 2.05) is 13.8 Å². The number of benzene rings is 1. The summed E-state index contributed by atoms with van der Waals surface area (Å²) in [4.78, 5) is 21.9. The molecule has 12 heteroatoms. The molecule has 3 aromatic rings. The van der Waals surface area contributed by atoms with Crippen LogP contribution in [0.25, 0.3) is 11.0 Å². The van der Waals surface area contributed by atoms with Gasteiger partial charge in [-0.15, -0.1) is 0 Å². The van der Waals surface area contributed by atoms with Gasteiger partial charge in [0.15, 0.2) is 0 Å². The van der Waals surface area contributed by atoms with E-state index < -0.39 is 10.0 Å². The average molecular weight is 519 g/mol. The number of ether oxygens (including phenoxy) is 1. The Morgan fingerprint density at radius 3 is 2.72 bits per heavy atom. The molecule has 1 saturated heterocycles. The minimum absolute atomic E-state index is 0.0626. The van der Waals surface area contributed by atoms with E-state index >= 15 is 0 Å². The number of aliphatic hydroxyl groups is 1. The van der Waals surface area contributed by atoms with Crippen LogP contribution < -0.4 is 10.3 Å². The molecular weight excluding hydrogens is 484 g/mol. The second kappa shape index (κ2) is 11.5. The van der Waals surface area contributed by atoms with Crippen LogP contribution in [0.2, 0.25) is 0 Å². The lowest BCUT2D eigenvalue weighted by Gasteiger charge is -2.33. The summed E-state index contributed by atoms with van der Waals surface area (Å²) in [6.07, 6.45) is 3.55. The normalized spacial score (nSPS) is 16.4. The molecule has 36 heavy (non-hydrogen) atoms. The number of hydrogen-bond acceptors (Lipinski definition) is 8. The summed E-state index contributed by atoms with van der Waals surface area (Å²) < 4.78 is 34.2. The van der Waals surface area contributed by atoms with Gasteiger partial charge < -0.3 is 14.8 Å². The smallest absolute Gasteiger partial charge is 0.276 e. The average Bonchev–Trinajstić information content (AvgIpc) is 3.36. The number of H-pyrrole nitrogens is 2. The first-order valence-corrected chi connectivity index (χ1v) is 13.8. The number of nitrogens with zero attached hydrogens (tertiary/aromatic N) is 4. The highest BCUT2D eigenvalue weighted by Crippen LogP contribution is 2.29. The molecule has 2 aromatic heterocycles. The largest absolute Gasteiger partial charge is 0.493 e. The maximum atomic E-state index is 13.4. The lowest BCUT2D eigenvalue weighted by Crippen LogP contribution is -2.49. The molecule has 3 heterocycles. The molecule has 1 fully saturated rings. The first-order chi connectivity index (χ1) is 17.3. The van der Waals surface area contributed by atoms with Gasteiger partial charge in [-0.1, -0.05) is 13.8 Å². The Balaban J connectivity index is 1.53. The lowest BCUT2D eigenvalue weighted by molar-refractivity contribution is 0.151. The van der Waals surface area contributed by atoms with Gasteiger partial charge in [-0.2, -0.15) is 9.40 Å². The van der Waals surface area contributed by atoms with Crippen molar-refractivity contribution in [1.29, 1.82) is 0 Å². The molecule has 0 bridgehead atoms. The zero-order chi connectivity index (χ0) is 25.7. The minimum atomic E-state index is -3.66. The summed E-state index contributed by atoms with van der Waals surface area (Å²) >= 11 is 0. The molecule has 0 radical (unpaired) electrons. The number of piperazine rings is 1. The fraction of sp³-hybridized carbons (Fsp3) is 0.542. The predicted octanol–water partition coefficient (Wildman–Crippen LogP) is 1.47. The quantitative estimate of drug-likeness (QED) is 0.346. The third-order valence-corrected chi connectivity index (χ3v) is 8.42. The topological polar surface area (TPSA) is 145 Å². The van der Waals surface area contributed by atoms with Crippen LogP contribution in [-0.2, 0) is 16.4 Å². The molecule has 1 atom stereocenters. The van der Waals surface area contributed by atoms with Crippen molar-refractivity contribution in [2.75, 3.05) is 45.9 Å². The third kappa shape index (κ3) is 5.77. The van der Waals surface area contributed by atoms with Gasteiger partial charge in [0.2, 0.25) is 10.0 Å². The van der Waals surface area contributed by atoms with Gasteiger partial charge in [0.1, 0.15) is 22.6 Å². The molecule has 196 valence electrons. The Morgan fingerprint density at radius 2 is 2.00 bits per heavy atom. The predicted molar refractivity (Wildman–Crippen MR) is 136 cm³/mol. The molecule has 3 N–H and O–H groups in total. The number of hydrogen-bond donors (Lipinski definition) is 3. The summed E-state index contributed by atoms with van der Waals surface area (Å²) in [5.74, 6) is 1.16. The van der Waals surface area contributed by atoms with Gasteiger partial charge in [0.25, 0.3) is 5.56 Å². The monoisotopic (exact) mass is 518 g/mol. The van der Waals surface area contributed by atoms with Gasteiger partial charge in [-0.25, -0.2) is 13.4 Å². The van der Waals surface area contributed by atoms with E-state index in [-0.39, 0.29) is 23.0 Å². The SMILES string of the molecule is CCCOc1ccc(S(=O)(=O)N2CCN(CCO)CC2)cc1CCC(C)c1nc2cn[nH]c2c(=O)[nH]1. The van der Waals surface area contributed by atoms with Gasteiger partial charge in [0.05, 0.1) is 24.3 Å². The van der Waals surface area contributed by atoms with Crippen LogP contribution in [-0.4, -0.2) is 88.8 Å². The highest BCUT2D eigenvalue weighted by atomic mass is 32.2. The highest BCUT2D eigenvalue weighted by Gasteiger charge is 2.29. The van der Waals surface area contributed by atoms with Crippen molar-refractivity contribution >= 4 is 21.1 Å². The first kappa shape index (κ1) is 26.3. The molecule has 0 amide bonds. The van der Waals surface area contributed by atoms with Gasteiger partial charge >= 0.3 is 0 Å². The second-order valence-corrected chi connectivity index (χ2v) is 11.0. The first-order valence-electron chi connectivity index (χ1n) is 12.4. The molecule has 0 spiro atoms. The maximum absolute atomic E-state index is 13.4. The van der Waals surface area contributed by atoms with Crippen molar-refractivity contribution in [3.05, 3.63) is 46.1 Å². The molecule has 0 saturated carbocycles. The van der Waals surface area contributed by atoms with E-state index in [1.165, 1.54) is 10.5 Å². The molecular formula is C24H34N6O5S. The van der Waals surface area contributed by atoms with Crippen molar-refractivity contribution < 1.29 is 18.3 Å². The molecule has 1 aliphatic heterocycles. The van der Waals surface area contributed by atoms with Crippen LogP contribution >= 0.6 is 0 Å². The zero-order valence-electron chi connectivity index (χ0n) is 20.7. The summed E-state index contributed by atoms with van der Waals surface area (Å²) in [6, 6.07) is 5.06. The van der Waals surface area contributed by atoms with Crippen LogP contribution in [0.3, 0.4) is 0 Å². The van der Waals surface area contributed by atoms with Crippen molar-refractivity contribution in [3.63, 3.8) is 0 Å². The van der Waals surface area contributed by atoms with Crippen molar-refractivity contribution in [3.8, 4) is 5.75 Å². The fourth-order valence-corrected chi connectivity index (χ4v) is 5.83. The molecule has 1 unspecified atom stereocenters. The van der Waals surface area contributed by atoms with Crippen molar-refractivity contribution in [2.24, 2.45) is 0 Å². The number of aromatic nitrogens is 4. The Hall–Kier alpha value is -2.80. The van der Waals surface area contributed by atoms with Crippen molar-refractivity contribution in [1.82, 2.24) is 29.4 Å². The number of rotatable bonds is 11. The lowest BCUT2D eigenvalue weighted by atomic mass is 9.99. The molecule has 0 aliphatic carbocycles. The number of aryl methyl sites for hydroxylation is 1. The van der Waals surface area contributed by atoms with Crippen molar-refractivity contribution in [2.45, 2.75) is 43.9 Å². The Morgan fingerprint density at radius 1 is 1.22 bits per heavy atom. The number of fused-ring (bicyclic) bond motifs is 1. The number of aliphatic hydroxyl groups excluding tert-OH is 1. The summed E-state index contributed by atoms with van der Waals surface area (Å²) in [7, 11) is -3.66. The second-order valence-electron chi connectivity index (χ2n) is 9.11. The third-order valence-electron chi connectivity index (χ3n) is 6.52. The number of sulfonamides is 1. The summed E-state index contributed by atoms with van der Waals surface area (Å²) in [5, 5.41) is 15.7.